The standard InChI is InChI=1S/C31H28F6N4O2/c1-18(42)27-13-20(6-7-28(27)34)26-5-4-8-38-29(26)21(9-19-10-23(32)14-24(33)11-19)12-25(43)17-41-16-22(15-40(2)3)30(39-41)31(35,36)37/h4-8,10-11,13-14,16,21H,9,12,15,17H2,1-3H3/t21-/m1/s1. The molecular weight excluding hydrogens is 574 g/mol. The minimum absolute atomic E-state index is 0.0476. The molecule has 4 aromatic rings. The van der Waals surface area contributed by atoms with Crippen molar-refractivity contribution in [2.75, 3.05) is 14.1 Å². The molecule has 0 spiro atoms. The minimum atomic E-state index is -4.72. The minimum Gasteiger partial charge on any atom is -0.305 e. The predicted molar refractivity (Wildman–Crippen MR) is 147 cm³/mol. The fourth-order valence-electron chi connectivity index (χ4n) is 4.99. The number of Topliss-reactive ketones (excluding diaryl/α,β-unsaturated/α-hetero) is 2. The van der Waals surface area contributed by atoms with E-state index < -0.39 is 53.4 Å². The van der Waals surface area contributed by atoms with Crippen LogP contribution in [0.5, 0.6) is 0 Å². The molecule has 0 aliphatic carbocycles. The lowest BCUT2D eigenvalue weighted by atomic mass is 9.86. The second-order valence-electron chi connectivity index (χ2n) is 10.5. The monoisotopic (exact) mass is 602 g/mol. The molecule has 12 heteroatoms. The van der Waals surface area contributed by atoms with Crippen LogP contribution in [0, 0.1) is 17.5 Å². The molecule has 4 rings (SSSR count). The van der Waals surface area contributed by atoms with Crippen LogP contribution >= 0.6 is 0 Å². The lowest BCUT2D eigenvalue weighted by molar-refractivity contribution is -0.142. The van der Waals surface area contributed by atoms with Crippen LogP contribution in [0.3, 0.4) is 0 Å². The first-order chi connectivity index (χ1) is 20.2. The van der Waals surface area contributed by atoms with Gasteiger partial charge in [-0.3, -0.25) is 19.3 Å². The van der Waals surface area contributed by atoms with Gasteiger partial charge >= 0.3 is 6.18 Å². The summed E-state index contributed by atoms with van der Waals surface area (Å²) < 4.78 is 84.1. The maximum atomic E-state index is 14.3. The van der Waals surface area contributed by atoms with Crippen LogP contribution in [0.15, 0.2) is 60.9 Å². The van der Waals surface area contributed by atoms with E-state index in [1.165, 1.54) is 31.5 Å². The number of hydrogen-bond donors (Lipinski definition) is 0. The van der Waals surface area contributed by atoms with Crippen molar-refractivity contribution in [3.05, 3.63) is 106 Å². The molecule has 0 fully saturated rings. The third-order valence-corrected chi connectivity index (χ3v) is 6.69. The van der Waals surface area contributed by atoms with Crippen LogP contribution in [-0.2, 0) is 30.5 Å². The molecule has 0 saturated heterocycles. The van der Waals surface area contributed by atoms with Crippen molar-refractivity contribution in [2.24, 2.45) is 0 Å². The predicted octanol–water partition coefficient (Wildman–Crippen LogP) is 6.63. The number of benzene rings is 2. The summed E-state index contributed by atoms with van der Waals surface area (Å²) in [5.41, 5.74) is 0.0829. The fraction of sp³-hybridized carbons (Fsp3) is 0.290. The first-order valence-electron chi connectivity index (χ1n) is 13.2. The van der Waals surface area contributed by atoms with Gasteiger partial charge in [0.15, 0.2) is 17.3 Å². The van der Waals surface area contributed by atoms with Gasteiger partial charge in [0, 0.05) is 48.5 Å². The molecule has 0 N–H and O–H groups in total. The molecule has 0 bridgehead atoms. The summed E-state index contributed by atoms with van der Waals surface area (Å²) in [5, 5.41) is 3.62. The number of aromatic nitrogens is 3. The Morgan fingerprint density at radius 2 is 1.70 bits per heavy atom. The van der Waals surface area contributed by atoms with Gasteiger partial charge < -0.3 is 4.90 Å². The molecule has 0 radical (unpaired) electrons. The Labute approximate surface area is 244 Å². The third-order valence-electron chi connectivity index (χ3n) is 6.69. The number of alkyl halides is 3. The number of rotatable bonds is 11. The Balaban J connectivity index is 1.72. The average Bonchev–Trinajstić information content (AvgIpc) is 3.29. The highest BCUT2D eigenvalue weighted by Crippen LogP contribution is 2.34. The van der Waals surface area contributed by atoms with E-state index in [1.807, 2.05) is 0 Å². The van der Waals surface area contributed by atoms with Gasteiger partial charge in [0.2, 0.25) is 0 Å². The average molecular weight is 603 g/mol. The molecular formula is C31H28F6N4O2. The van der Waals surface area contributed by atoms with E-state index in [1.54, 1.807) is 31.1 Å². The number of nitrogens with zero attached hydrogens (tertiary/aromatic N) is 4. The van der Waals surface area contributed by atoms with Crippen molar-refractivity contribution in [3.63, 3.8) is 0 Å². The summed E-state index contributed by atoms with van der Waals surface area (Å²) in [4.78, 5) is 31.3. The largest absolute Gasteiger partial charge is 0.435 e. The Kier molecular flexibility index (Phi) is 9.49. The molecule has 0 unspecified atom stereocenters. The first kappa shape index (κ1) is 31.6. The van der Waals surface area contributed by atoms with E-state index in [4.69, 9.17) is 0 Å². The number of halogens is 6. The summed E-state index contributed by atoms with van der Waals surface area (Å²) in [7, 11) is 3.21. The number of hydrogen-bond acceptors (Lipinski definition) is 5. The van der Waals surface area contributed by atoms with Crippen LogP contribution in [0.4, 0.5) is 26.3 Å². The molecule has 1 atom stereocenters. The first-order valence-corrected chi connectivity index (χ1v) is 13.2. The van der Waals surface area contributed by atoms with Gasteiger partial charge in [-0.05, 0) is 68.9 Å². The zero-order valence-electron chi connectivity index (χ0n) is 23.6. The Morgan fingerprint density at radius 3 is 2.33 bits per heavy atom. The fourth-order valence-corrected chi connectivity index (χ4v) is 4.99. The molecule has 0 saturated carbocycles. The molecule has 0 aliphatic rings. The van der Waals surface area contributed by atoms with Gasteiger partial charge in [-0.15, -0.1) is 0 Å². The third kappa shape index (κ3) is 7.95. The molecule has 0 amide bonds. The second kappa shape index (κ2) is 12.9. The van der Waals surface area contributed by atoms with E-state index in [0.29, 0.717) is 22.9 Å². The molecule has 43 heavy (non-hydrogen) atoms. The molecule has 2 aromatic heterocycles. The number of carbonyl (C=O) groups is 2. The summed E-state index contributed by atoms with van der Waals surface area (Å²) >= 11 is 0. The van der Waals surface area contributed by atoms with Gasteiger partial charge in [-0.1, -0.05) is 12.1 Å². The van der Waals surface area contributed by atoms with Gasteiger partial charge in [0.1, 0.15) is 17.5 Å². The lowest BCUT2D eigenvalue weighted by Gasteiger charge is -2.20. The molecule has 2 aromatic carbocycles. The second-order valence-corrected chi connectivity index (χ2v) is 10.5. The van der Waals surface area contributed by atoms with Crippen LogP contribution < -0.4 is 0 Å². The van der Waals surface area contributed by atoms with Gasteiger partial charge in [0.05, 0.1) is 17.8 Å². The topological polar surface area (TPSA) is 68.1 Å². The highest BCUT2D eigenvalue weighted by atomic mass is 19.4. The Bertz CT molecular complexity index is 1630. The molecule has 6 nitrogen and oxygen atoms in total. The van der Waals surface area contributed by atoms with Crippen molar-refractivity contribution in [2.45, 2.75) is 44.9 Å². The van der Waals surface area contributed by atoms with Crippen LogP contribution in [0.1, 0.15) is 52.1 Å². The van der Waals surface area contributed by atoms with Crippen LogP contribution in [0.25, 0.3) is 11.1 Å². The normalized spacial score (nSPS) is 12.5. The Hall–Kier alpha value is -4.32. The Morgan fingerprint density at radius 1 is 1.00 bits per heavy atom. The molecule has 0 aliphatic heterocycles. The summed E-state index contributed by atoms with van der Waals surface area (Å²) in [6.07, 6.45) is -2.42. The maximum Gasteiger partial charge on any atom is 0.435 e. The summed E-state index contributed by atoms with van der Waals surface area (Å²) in [6.45, 7) is 0.682. The van der Waals surface area contributed by atoms with Crippen molar-refractivity contribution in [3.8, 4) is 11.1 Å². The lowest BCUT2D eigenvalue weighted by Crippen LogP contribution is -2.18. The maximum absolute atomic E-state index is 14.3. The van der Waals surface area contributed by atoms with Gasteiger partial charge in [-0.25, -0.2) is 13.2 Å². The summed E-state index contributed by atoms with van der Waals surface area (Å²) in [6, 6.07) is 10.1. The smallest absolute Gasteiger partial charge is 0.305 e. The zero-order chi connectivity index (χ0) is 31.5. The van der Waals surface area contributed by atoms with Crippen LogP contribution in [0.2, 0.25) is 0 Å². The van der Waals surface area contributed by atoms with E-state index >= 15 is 0 Å². The molecule has 226 valence electrons. The number of pyridine rings is 1. The van der Waals surface area contributed by atoms with E-state index in [9.17, 15) is 35.9 Å². The highest BCUT2D eigenvalue weighted by Gasteiger charge is 2.37. The highest BCUT2D eigenvalue weighted by molar-refractivity contribution is 5.95. The quantitative estimate of drug-likeness (QED) is 0.142. The zero-order valence-corrected chi connectivity index (χ0v) is 23.6. The van der Waals surface area contributed by atoms with Gasteiger partial charge in [-0.2, -0.15) is 18.3 Å². The van der Waals surface area contributed by atoms with E-state index in [2.05, 4.69) is 10.1 Å². The summed E-state index contributed by atoms with van der Waals surface area (Å²) in [5.74, 6) is -4.16. The van der Waals surface area contributed by atoms with Gasteiger partial charge in [0.25, 0.3) is 0 Å². The van der Waals surface area contributed by atoms with E-state index in [0.717, 1.165) is 22.9 Å². The number of carbonyl (C=O) groups excluding carboxylic acids is 2. The van der Waals surface area contributed by atoms with E-state index in [-0.39, 0.29) is 36.1 Å². The number of ketones is 2. The molecule has 2 heterocycles. The van der Waals surface area contributed by atoms with Crippen molar-refractivity contribution >= 4 is 11.6 Å². The van der Waals surface area contributed by atoms with Crippen molar-refractivity contribution < 1.29 is 35.9 Å². The van der Waals surface area contributed by atoms with Crippen molar-refractivity contribution in [1.82, 2.24) is 19.7 Å². The SMILES string of the molecule is CC(=O)c1cc(-c2cccnc2[C@@H](CC(=O)Cn2cc(CN(C)C)c(C(F)(F)F)n2)Cc2cc(F)cc(F)c2)ccc1F. The van der Waals surface area contributed by atoms with Crippen LogP contribution in [-0.4, -0.2) is 45.3 Å². The van der Waals surface area contributed by atoms with Crippen molar-refractivity contribution in [1.29, 1.82) is 0 Å².